The molecule has 1 aliphatic rings. The third kappa shape index (κ3) is 4.76. The van der Waals surface area contributed by atoms with E-state index in [-0.39, 0.29) is 12.2 Å². The van der Waals surface area contributed by atoms with Gasteiger partial charge in [-0.2, -0.15) is 9.52 Å². The van der Waals surface area contributed by atoms with E-state index in [2.05, 4.69) is 5.10 Å². The normalized spacial score (nSPS) is 17.1. The molecule has 0 aromatic heterocycles. The number of hydrogen-bond acceptors (Lipinski definition) is 5. The van der Waals surface area contributed by atoms with Gasteiger partial charge in [-0.3, -0.25) is 10.0 Å². The number of nitrogens with one attached hydrogen (secondary N) is 1. The van der Waals surface area contributed by atoms with Gasteiger partial charge in [0.15, 0.2) is 0 Å². The molecule has 0 aliphatic carbocycles. The molecule has 1 unspecified atom stereocenters. The number of benzene rings is 2. The van der Waals surface area contributed by atoms with E-state index in [1.54, 1.807) is 5.48 Å². The first-order valence-corrected chi connectivity index (χ1v) is 10.7. The average molecular weight is 401 g/mol. The number of hydroxylamine groups is 1. The quantitative estimate of drug-likeness (QED) is 0.549. The van der Waals surface area contributed by atoms with Crippen molar-refractivity contribution in [2.24, 2.45) is 5.10 Å². The highest BCUT2D eigenvalue weighted by molar-refractivity contribution is 7.89. The van der Waals surface area contributed by atoms with E-state index in [0.29, 0.717) is 25.0 Å². The summed E-state index contributed by atoms with van der Waals surface area (Å²) in [6, 6.07) is 17.8. The molecule has 0 fully saturated rings. The molecule has 8 heteroatoms. The van der Waals surface area contributed by atoms with Crippen LogP contribution in [-0.4, -0.2) is 41.5 Å². The molecule has 2 aromatic rings. The van der Waals surface area contributed by atoms with Crippen molar-refractivity contribution in [3.8, 4) is 0 Å². The average Bonchev–Trinajstić information content (AvgIpc) is 2.74. The van der Waals surface area contributed by atoms with Gasteiger partial charge in [-0.25, -0.2) is 13.9 Å². The lowest BCUT2D eigenvalue weighted by molar-refractivity contribution is -0.133. The van der Waals surface area contributed by atoms with Crippen molar-refractivity contribution in [3.05, 3.63) is 71.8 Å². The summed E-state index contributed by atoms with van der Waals surface area (Å²) in [6.45, 7) is 0. The molecule has 0 saturated carbocycles. The zero-order valence-electron chi connectivity index (χ0n) is 15.4. The van der Waals surface area contributed by atoms with Crippen molar-refractivity contribution >= 4 is 21.6 Å². The van der Waals surface area contributed by atoms with Crippen LogP contribution in [0, 0.1) is 0 Å². The first kappa shape index (κ1) is 20.0. The second-order valence-electron chi connectivity index (χ2n) is 6.62. The summed E-state index contributed by atoms with van der Waals surface area (Å²) < 4.78 is 26.8. The molecular weight excluding hydrogens is 378 g/mol. The van der Waals surface area contributed by atoms with Crippen LogP contribution in [0.5, 0.6) is 0 Å². The Labute approximate surface area is 164 Å². The first-order chi connectivity index (χ1) is 13.5. The molecule has 28 heavy (non-hydrogen) atoms. The molecule has 2 aromatic carbocycles. The maximum Gasteiger partial charge on any atom is 0.269 e. The lowest BCUT2D eigenvalue weighted by Gasteiger charge is -2.31. The van der Waals surface area contributed by atoms with Gasteiger partial charge in [0, 0.05) is 0 Å². The third-order valence-electron chi connectivity index (χ3n) is 4.66. The topological polar surface area (TPSA) is 99.1 Å². The Hall–Kier alpha value is -2.71. The van der Waals surface area contributed by atoms with Crippen LogP contribution in [0.2, 0.25) is 0 Å². The van der Waals surface area contributed by atoms with Crippen LogP contribution in [0.1, 0.15) is 30.4 Å². The molecule has 0 radical (unpaired) electrons. The number of hydrazone groups is 1. The fourth-order valence-corrected chi connectivity index (χ4v) is 4.72. The maximum absolute atomic E-state index is 12.9. The molecule has 3 rings (SSSR count). The number of carbonyl (C=O) groups excluding carboxylic acids is 1. The molecule has 7 nitrogen and oxygen atoms in total. The second kappa shape index (κ2) is 8.99. The van der Waals surface area contributed by atoms with Crippen molar-refractivity contribution in [3.63, 3.8) is 0 Å². The maximum atomic E-state index is 12.9. The Bertz CT molecular complexity index is 930. The lowest BCUT2D eigenvalue weighted by atomic mass is 10.0. The Morgan fingerprint density at radius 2 is 1.75 bits per heavy atom. The highest BCUT2D eigenvalue weighted by Crippen LogP contribution is 2.23. The van der Waals surface area contributed by atoms with Crippen molar-refractivity contribution in [1.29, 1.82) is 0 Å². The highest BCUT2D eigenvalue weighted by atomic mass is 32.2. The third-order valence-corrected chi connectivity index (χ3v) is 6.37. The minimum absolute atomic E-state index is 0.136. The number of amides is 1. The summed E-state index contributed by atoms with van der Waals surface area (Å²) in [5.74, 6) is -0.912. The molecular formula is C20H23N3O4S. The van der Waals surface area contributed by atoms with Crippen molar-refractivity contribution in [2.75, 3.05) is 5.75 Å². The summed E-state index contributed by atoms with van der Waals surface area (Å²) in [5, 5.41) is 13.3. The fraction of sp³-hybridized carbons (Fsp3) is 0.300. The van der Waals surface area contributed by atoms with Crippen molar-refractivity contribution in [2.45, 2.75) is 31.7 Å². The molecule has 2 N–H and O–H groups in total. The summed E-state index contributed by atoms with van der Waals surface area (Å²) in [7, 11) is -3.82. The number of rotatable bonds is 7. The number of sulfonamides is 1. The van der Waals surface area contributed by atoms with Gasteiger partial charge >= 0.3 is 0 Å². The zero-order valence-corrected chi connectivity index (χ0v) is 16.2. The molecule has 0 bridgehead atoms. The first-order valence-electron chi connectivity index (χ1n) is 9.14. The van der Waals surface area contributed by atoms with Crippen LogP contribution >= 0.6 is 0 Å². The fourth-order valence-electron chi connectivity index (χ4n) is 3.21. The van der Waals surface area contributed by atoms with Crippen LogP contribution in [0.25, 0.3) is 0 Å². The Balaban J connectivity index is 1.81. The van der Waals surface area contributed by atoms with Crippen molar-refractivity contribution < 1.29 is 18.4 Å². The number of nitrogens with zero attached hydrogens (tertiary/aromatic N) is 2. The van der Waals surface area contributed by atoms with E-state index in [1.165, 1.54) is 0 Å². The largest absolute Gasteiger partial charge is 0.289 e. The van der Waals surface area contributed by atoms with Gasteiger partial charge in [-0.1, -0.05) is 60.7 Å². The Morgan fingerprint density at radius 1 is 1.11 bits per heavy atom. The van der Waals surface area contributed by atoms with Crippen molar-refractivity contribution in [1.82, 2.24) is 9.89 Å². The molecule has 1 atom stereocenters. The minimum Gasteiger partial charge on any atom is -0.289 e. The van der Waals surface area contributed by atoms with E-state index in [0.717, 1.165) is 15.5 Å². The van der Waals surface area contributed by atoms with Gasteiger partial charge in [0.25, 0.3) is 15.9 Å². The summed E-state index contributed by atoms with van der Waals surface area (Å²) in [6.07, 6.45) is 1.71. The van der Waals surface area contributed by atoms with Crippen LogP contribution in [-0.2, 0) is 21.2 Å². The summed E-state index contributed by atoms with van der Waals surface area (Å²) in [5.41, 5.74) is 4.03. The summed E-state index contributed by atoms with van der Waals surface area (Å²) in [4.78, 5) is 12.0. The van der Waals surface area contributed by atoms with Crippen LogP contribution in [0.15, 0.2) is 65.8 Å². The second-order valence-corrected chi connectivity index (χ2v) is 8.57. The van der Waals surface area contributed by atoms with Gasteiger partial charge in [0.05, 0.1) is 11.5 Å². The van der Waals surface area contributed by atoms with Crippen LogP contribution in [0.4, 0.5) is 0 Å². The predicted octanol–water partition coefficient (Wildman–Crippen LogP) is 2.32. The SMILES string of the molecule is O=C(NO)C1CCC(c2ccccc2)=NN1S(=O)(=O)CCCc1ccccc1. The van der Waals surface area contributed by atoms with Gasteiger partial charge in [-0.15, -0.1) is 0 Å². The minimum atomic E-state index is -3.82. The lowest BCUT2D eigenvalue weighted by Crippen LogP contribution is -2.49. The standard InChI is InChI=1S/C20H23N3O4S/c24-20(22-25)19-14-13-18(17-11-5-2-6-12-17)21-23(19)28(26,27)15-7-10-16-8-3-1-4-9-16/h1-6,8-9,11-12,19,25H,7,10,13-15H2,(H,22,24). The van der Waals surface area contributed by atoms with Gasteiger partial charge in [0.1, 0.15) is 6.04 Å². The molecule has 1 aliphatic heterocycles. The zero-order chi connectivity index (χ0) is 20.0. The molecule has 1 heterocycles. The molecule has 1 amide bonds. The van der Waals surface area contributed by atoms with E-state index < -0.39 is 22.0 Å². The van der Waals surface area contributed by atoms with Gasteiger partial charge in [0.2, 0.25) is 0 Å². The van der Waals surface area contributed by atoms with Crippen LogP contribution in [0.3, 0.4) is 0 Å². The molecule has 0 saturated heterocycles. The van der Waals surface area contributed by atoms with E-state index in [1.807, 2.05) is 60.7 Å². The van der Waals surface area contributed by atoms with Gasteiger partial charge < -0.3 is 0 Å². The molecule has 0 spiro atoms. The monoisotopic (exact) mass is 401 g/mol. The van der Waals surface area contributed by atoms with E-state index in [4.69, 9.17) is 5.21 Å². The highest BCUT2D eigenvalue weighted by Gasteiger charge is 2.37. The van der Waals surface area contributed by atoms with Crippen LogP contribution < -0.4 is 5.48 Å². The molecule has 148 valence electrons. The Morgan fingerprint density at radius 3 is 2.39 bits per heavy atom. The Kier molecular flexibility index (Phi) is 6.43. The number of hydrogen-bond donors (Lipinski definition) is 2. The number of aryl methyl sites for hydroxylation is 1. The van der Waals surface area contributed by atoms with E-state index >= 15 is 0 Å². The predicted molar refractivity (Wildman–Crippen MR) is 106 cm³/mol. The van der Waals surface area contributed by atoms with E-state index in [9.17, 15) is 13.2 Å². The summed E-state index contributed by atoms with van der Waals surface area (Å²) >= 11 is 0. The number of carbonyl (C=O) groups is 1. The smallest absolute Gasteiger partial charge is 0.269 e. The van der Waals surface area contributed by atoms with Gasteiger partial charge in [-0.05, 0) is 36.8 Å².